The Morgan fingerprint density at radius 1 is 1.11 bits per heavy atom. The van der Waals surface area contributed by atoms with Gasteiger partial charge in [0.1, 0.15) is 5.82 Å². The van der Waals surface area contributed by atoms with Crippen LogP contribution in [-0.4, -0.2) is 51.0 Å². The molecule has 0 radical (unpaired) electrons. The van der Waals surface area contributed by atoms with Crippen molar-refractivity contribution in [3.63, 3.8) is 0 Å². The molecule has 0 saturated carbocycles. The second-order valence-electron chi connectivity index (χ2n) is 6.95. The number of amides is 1. The lowest BCUT2D eigenvalue weighted by Crippen LogP contribution is -2.30. The molecule has 146 valence electrons. The molecule has 0 bridgehead atoms. The van der Waals surface area contributed by atoms with Crippen LogP contribution in [0.2, 0.25) is 0 Å². The third kappa shape index (κ3) is 6.07. The van der Waals surface area contributed by atoms with Crippen molar-refractivity contribution < 1.29 is 4.79 Å². The maximum atomic E-state index is 12.0. The SMILES string of the molecule is CCCNC(=O)CSc1nnc(CN2CCCCC2)n1Cc1ccccc1. The summed E-state index contributed by atoms with van der Waals surface area (Å²) in [5.74, 6) is 1.40. The highest BCUT2D eigenvalue weighted by molar-refractivity contribution is 7.99. The largest absolute Gasteiger partial charge is 0.355 e. The van der Waals surface area contributed by atoms with E-state index in [1.54, 1.807) is 0 Å². The van der Waals surface area contributed by atoms with Gasteiger partial charge in [0.2, 0.25) is 5.91 Å². The molecule has 7 heteroatoms. The van der Waals surface area contributed by atoms with Gasteiger partial charge in [-0.15, -0.1) is 10.2 Å². The van der Waals surface area contributed by atoms with Crippen molar-refractivity contribution in [3.8, 4) is 0 Å². The van der Waals surface area contributed by atoms with Gasteiger partial charge in [0.25, 0.3) is 0 Å². The Hall–Kier alpha value is -1.86. The molecule has 1 aromatic carbocycles. The minimum absolute atomic E-state index is 0.0497. The lowest BCUT2D eigenvalue weighted by molar-refractivity contribution is -0.118. The topological polar surface area (TPSA) is 63.1 Å². The lowest BCUT2D eigenvalue weighted by atomic mass is 10.1. The molecule has 0 spiro atoms. The number of hydrogen-bond donors (Lipinski definition) is 1. The number of nitrogens with one attached hydrogen (secondary N) is 1. The summed E-state index contributed by atoms with van der Waals surface area (Å²) in [6, 6.07) is 10.4. The monoisotopic (exact) mass is 387 g/mol. The number of carbonyl (C=O) groups excluding carboxylic acids is 1. The number of thioether (sulfide) groups is 1. The van der Waals surface area contributed by atoms with Gasteiger partial charge < -0.3 is 9.88 Å². The van der Waals surface area contributed by atoms with E-state index in [9.17, 15) is 4.79 Å². The molecule has 1 aliphatic heterocycles. The van der Waals surface area contributed by atoms with Gasteiger partial charge >= 0.3 is 0 Å². The van der Waals surface area contributed by atoms with Crippen LogP contribution in [-0.2, 0) is 17.9 Å². The first-order valence-electron chi connectivity index (χ1n) is 9.84. The van der Waals surface area contributed by atoms with Crippen molar-refractivity contribution in [2.24, 2.45) is 0 Å². The number of likely N-dealkylation sites (tertiary alicyclic amines) is 1. The van der Waals surface area contributed by atoms with E-state index in [0.717, 1.165) is 50.1 Å². The smallest absolute Gasteiger partial charge is 0.230 e. The Labute approximate surface area is 165 Å². The first kappa shape index (κ1) is 19.9. The van der Waals surface area contributed by atoms with E-state index in [4.69, 9.17) is 0 Å². The van der Waals surface area contributed by atoms with Crippen LogP contribution in [0.1, 0.15) is 44.0 Å². The maximum Gasteiger partial charge on any atom is 0.230 e. The minimum Gasteiger partial charge on any atom is -0.355 e. The highest BCUT2D eigenvalue weighted by Crippen LogP contribution is 2.20. The molecule has 1 fully saturated rings. The summed E-state index contributed by atoms with van der Waals surface area (Å²) in [5, 5.41) is 12.6. The van der Waals surface area contributed by atoms with E-state index in [1.807, 2.05) is 6.07 Å². The Bertz CT molecular complexity index is 712. The van der Waals surface area contributed by atoms with Gasteiger partial charge in [-0.1, -0.05) is 55.4 Å². The van der Waals surface area contributed by atoms with Gasteiger partial charge in [0, 0.05) is 6.54 Å². The Balaban J connectivity index is 1.72. The second kappa shape index (κ2) is 10.5. The van der Waals surface area contributed by atoms with Crippen molar-refractivity contribution in [3.05, 3.63) is 41.7 Å². The Morgan fingerprint density at radius 3 is 2.63 bits per heavy atom. The van der Waals surface area contributed by atoms with Gasteiger partial charge in [0.05, 0.1) is 18.8 Å². The Morgan fingerprint density at radius 2 is 1.89 bits per heavy atom. The number of aromatic nitrogens is 3. The minimum atomic E-state index is 0.0497. The van der Waals surface area contributed by atoms with E-state index in [-0.39, 0.29) is 5.91 Å². The molecule has 2 aromatic rings. The fraction of sp³-hybridized carbons (Fsp3) is 0.550. The first-order valence-corrected chi connectivity index (χ1v) is 10.8. The van der Waals surface area contributed by atoms with E-state index >= 15 is 0 Å². The zero-order valence-electron chi connectivity index (χ0n) is 16.1. The van der Waals surface area contributed by atoms with Crippen LogP contribution in [0, 0.1) is 0 Å². The van der Waals surface area contributed by atoms with Crippen LogP contribution in [0.4, 0.5) is 0 Å². The van der Waals surface area contributed by atoms with Gasteiger partial charge in [0.15, 0.2) is 5.16 Å². The molecule has 1 saturated heterocycles. The molecular weight excluding hydrogens is 358 g/mol. The molecule has 1 aromatic heterocycles. The number of hydrogen-bond acceptors (Lipinski definition) is 5. The molecule has 27 heavy (non-hydrogen) atoms. The fourth-order valence-corrected chi connectivity index (χ4v) is 4.02. The van der Waals surface area contributed by atoms with Crippen LogP contribution in [0.5, 0.6) is 0 Å². The normalized spacial score (nSPS) is 15.0. The van der Waals surface area contributed by atoms with Crippen LogP contribution in [0.3, 0.4) is 0 Å². The van der Waals surface area contributed by atoms with Crippen molar-refractivity contribution in [2.75, 3.05) is 25.4 Å². The lowest BCUT2D eigenvalue weighted by Gasteiger charge is -2.26. The summed E-state index contributed by atoms with van der Waals surface area (Å²) in [7, 11) is 0. The second-order valence-corrected chi connectivity index (χ2v) is 7.89. The van der Waals surface area contributed by atoms with Crippen molar-refractivity contribution >= 4 is 17.7 Å². The first-order chi connectivity index (χ1) is 13.3. The van der Waals surface area contributed by atoms with Gasteiger partial charge in [-0.2, -0.15) is 0 Å². The summed E-state index contributed by atoms with van der Waals surface area (Å²) in [6.45, 7) is 6.58. The molecule has 6 nitrogen and oxygen atoms in total. The molecule has 0 aliphatic carbocycles. The van der Waals surface area contributed by atoms with Crippen LogP contribution in [0.15, 0.2) is 35.5 Å². The molecule has 1 aliphatic rings. The highest BCUT2D eigenvalue weighted by atomic mass is 32.2. The van der Waals surface area contributed by atoms with Crippen LogP contribution in [0.25, 0.3) is 0 Å². The van der Waals surface area contributed by atoms with Crippen molar-refractivity contribution in [1.82, 2.24) is 25.0 Å². The van der Waals surface area contributed by atoms with Crippen LogP contribution >= 0.6 is 11.8 Å². The molecular formula is C20H29N5OS. The summed E-state index contributed by atoms with van der Waals surface area (Å²) in [4.78, 5) is 14.4. The van der Waals surface area contributed by atoms with Crippen LogP contribution < -0.4 is 5.32 Å². The summed E-state index contributed by atoms with van der Waals surface area (Å²) in [5.41, 5.74) is 1.22. The molecule has 2 heterocycles. The van der Waals surface area contributed by atoms with Crippen molar-refractivity contribution in [1.29, 1.82) is 0 Å². The number of benzene rings is 1. The highest BCUT2D eigenvalue weighted by Gasteiger charge is 2.18. The van der Waals surface area contributed by atoms with Gasteiger partial charge in [-0.25, -0.2) is 0 Å². The number of nitrogens with zero attached hydrogens (tertiary/aromatic N) is 4. The summed E-state index contributed by atoms with van der Waals surface area (Å²) < 4.78 is 2.17. The summed E-state index contributed by atoms with van der Waals surface area (Å²) >= 11 is 1.47. The molecule has 0 unspecified atom stereocenters. The molecule has 3 rings (SSSR count). The average Bonchev–Trinajstić information content (AvgIpc) is 3.07. The quantitative estimate of drug-likeness (QED) is 0.670. The molecule has 1 amide bonds. The summed E-state index contributed by atoms with van der Waals surface area (Å²) in [6.07, 6.45) is 4.78. The predicted molar refractivity (Wildman–Crippen MR) is 109 cm³/mol. The Kier molecular flexibility index (Phi) is 7.71. The number of rotatable bonds is 9. The van der Waals surface area contributed by atoms with Gasteiger partial charge in [-0.3, -0.25) is 9.69 Å². The fourth-order valence-electron chi connectivity index (χ4n) is 3.23. The van der Waals surface area contributed by atoms with E-state index in [2.05, 4.69) is 56.2 Å². The zero-order valence-corrected chi connectivity index (χ0v) is 16.9. The van der Waals surface area contributed by atoms with E-state index in [1.165, 1.54) is 36.6 Å². The van der Waals surface area contributed by atoms with Crippen molar-refractivity contribution in [2.45, 2.75) is 50.9 Å². The molecule has 1 N–H and O–H groups in total. The van der Waals surface area contributed by atoms with E-state index < -0.39 is 0 Å². The third-order valence-electron chi connectivity index (χ3n) is 4.70. The number of piperidine rings is 1. The standard InChI is InChI=1S/C20H29N5OS/c1-2-11-21-19(26)16-27-20-23-22-18(15-24-12-7-4-8-13-24)25(20)14-17-9-5-3-6-10-17/h3,5-6,9-10H,2,4,7-8,11-16H2,1H3,(H,21,26). The zero-order chi connectivity index (χ0) is 18.9. The maximum absolute atomic E-state index is 12.0. The molecule has 0 atom stereocenters. The predicted octanol–water partition coefficient (Wildman–Crippen LogP) is 2.93. The average molecular weight is 388 g/mol. The third-order valence-corrected chi connectivity index (χ3v) is 5.66. The van der Waals surface area contributed by atoms with E-state index in [0.29, 0.717) is 5.75 Å². The van der Waals surface area contributed by atoms with Gasteiger partial charge in [-0.05, 0) is 37.9 Å². The number of carbonyl (C=O) groups is 1.